The zero-order chi connectivity index (χ0) is 15.2. The van der Waals surface area contributed by atoms with Crippen LogP contribution in [-0.4, -0.2) is 47.9 Å². The molecule has 21 heavy (non-hydrogen) atoms. The van der Waals surface area contributed by atoms with Crippen LogP contribution < -0.4 is 0 Å². The number of rotatable bonds is 4. The van der Waals surface area contributed by atoms with Gasteiger partial charge in [-0.15, -0.1) is 0 Å². The van der Waals surface area contributed by atoms with Gasteiger partial charge in [0.2, 0.25) is 5.91 Å². The van der Waals surface area contributed by atoms with Crippen molar-refractivity contribution in [2.45, 2.75) is 32.7 Å². The largest absolute Gasteiger partial charge is 0.340 e. The fourth-order valence-corrected chi connectivity index (χ4v) is 2.73. The Balaban J connectivity index is 1.80. The molecule has 1 aromatic carbocycles. The van der Waals surface area contributed by atoms with Gasteiger partial charge in [-0.05, 0) is 31.4 Å². The van der Waals surface area contributed by atoms with E-state index in [2.05, 4.69) is 30.0 Å². The lowest BCUT2D eigenvalue weighted by Crippen LogP contribution is -2.51. The molecule has 4 heteroatoms. The molecule has 1 saturated heterocycles. The van der Waals surface area contributed by atoms with Crippen molar-refractivity contribution in [3.05, 3.63) is 35.4 Å². The van der Waals surface area contributed by atoms with Gasteiger partial charge in [0.15, 0.2) is 0 Å². The molecule has 1 aliphatic rings. The molecule has 0 aliphatic carbocycles. The van der Waals surface area contributed by atoms with Crippen LogP contribution in [0.4, 0.5) is 0 Å². The molecule has 0 aromatic heterocycles. The van der Waals surface area contributed by atoms with Crippen molar-refractivity contribution in [3.63, 3.8) is 0 Å². The van der Waals surface area contributed by atoms with Crippen LogP contribution in [0.3, 0.4) is 0 Å². The Labute approximate surface area is 127 Å². The molecule has 112 valence electrons. The van der Waals surface area contributed by atoms with Crippen LogP contribution in [0.15, 0.2) is 24.3 Å². The first-order valence-electron chi connectivity index (χ1n) is 7.57. The molecule has 4 nitrogen and oxygen atoms in total. The van der Waals surface area contributed by atoms with Gasteiger partial charge in [0.1, 0.15) is 0 Å². The Morgan fingerprint density at radius 3 is 2.57 bits per heavy atom. The van der Waals surface area contributed by atoms with Crippen LogP contribution in [0.1, 0.15) is 24.5 Å². The molecule has 1 atom stereocenters. The summed E-state index contributed by atoms with van der Waals surface area (Å²) in [5.41, 5.74) is 2.50. The van der Waals surface area contributed by atoms with Gasteiger partial charge in [0, 0.05) is 32.6 Å². The molecule has 1 unspecified atom stereocenters. The summed E-state index contributed by atoms with van der Waals surface area (Å²) in [5.74, 6) is 0.225. The summed E-state index contributed by atoms with van der Waals surface area (Å²) in [6, 6.07) is 10.4. The summed E-state index contributed by atoms with van der Waals surface area (Å²) >= 11 is 0. The van der Waals surface area contributed by atoms with E-state index < -0.39 is 0 Å². The van der Waals surface area contributed by atoms with E-state index in [1.165, 1.54) is 11.1 Å². The maximum absolute atomic E-state index is 12.3. The number of piperazine rings is 1. The van der Waals surface area contributed by atoms with Gasteiger partial charge >= 0.3 is 0 Å². The second kappa shape index (κ2) is 7.24. The normalized spacial score (nSPS) is 17.3. The van der Waals surface area contributed by atoms with Crippen molar-refractivity contribution in [3.8, 4) is 6.07 Å². The predicted molar refractivity (Wildman–Crippen MR) is 82.7 cm³/mol. The molecule has 2 rings (SSSR count). The molecular formula is C17H23N3O. The number of amides is 1. The number of hydrogen-bond acceptors (Lipinski definition) is 3. The van der Waals surface area contributed by atoms with Crippen LogP contribution in [0.2, 0.25) is 0 Å². The Morgan fingerprint density at radius 1 is 1.29 bits per heavy atom. The Morgan fingerprint density at radius 2 is 1.95 bits per heavy atom. The van der Waals surface area contributed by atoms with Crippen molar-refractivity contribution < 1.29 is 4.79 Å². The lowest BCUT2D eigenvalue weighted by molar-refractivity contribution is -0.133. The highest BCUT2D eigenvalue weighted by molar-refractivity contribution is 5.76. The molecule has 0 saturated carbocycles. The third-order valence-corrected chi connectivity index (χ3v) is 4.27. The van der Waals surface area contributed by atoms with E-state index in [0.717, 1.165) is 32.6 Å². The number of carbonyl (C=O) groups excluding carboxylic acids is 1. The highest BCUT2D eigenvalue weighted by atomic mass is 16.2. The molecule has 1 fully saturated rings. The average Bonchev–Trinajstić information content (AvgIpc) is 2.53. The Kier molecular flexibility index (Phi) is 5.35. The molecule has 0 N–H and O–H groups in total. The lowest BCUT2D eigenvalue weighted by atomic mass is 10.0. The molecule has 1 heterocycles. The Bertz CT molecular complexity index is 527. The molecule has 0 spiro atoms. The zero-order valence-electron chi connectivity index (χ0n) is 12.9. The van der Waals surface area contributed by atoms with Gasteiger partial charge in [-0.1, -0.05) is 24.3 Å². The number of nitriles is 1. The van der Waals surface area contributed by atoms with Crippen LogP contribution in [0, 0.1) is 18.3 Å². The van der Waals surface area contributed by atoms with E-state index in [0.29, 0.717) is 6.42 Å². The first-order valence-corrected chi connectivity index (χ1v) is 7.57. The summed E-state index contributed by atoms with van der Waals surface area (Å²) in [5, 5.41) is 8.93. The van der Waals surface area contributed by atoms with E-state index in [1.807, 2.05) is 24.0 Å². The number of nitrogens with zero attached hydrogens (tertiary/aromatic N) is 3. The lowest BCUT2D eigenvalue weighted by Gasteiger charge is -2.36. The van der Waals surface area contributed by atoms with Gasteiger partial charge < -0.3 is 4.90 Å². The van der Waals surface area contributed by atoms with Crippen molar-refractivity contribution in [1.82, 2.24) is 9.80 Å². The second-order valence-corrected chi connectivity index (χ2v) is 5.65. The van der Waals surface area contributed by atoms with Gasteiger partial charge in [0.05, 0.1) is 12.1 Å². The van der Waals surface area contributed by atoms with Gasteiger partial charge in [-0.3, -0.25) is 9.69 Å². The fraction of sp³-hybridized carbons (Fsp3) is 0.529. The van der Waals surface area contributed by atoms with Crippen molar-refractivity contribution in [2.75, 3.05) is 26.2 Å². The molecular weight excluding hydrogens is 262 g/mol. The quantitative estimate of drug-likeness (QED) is 0.850. The van der Waals surface area contributed by atoms with E-state index in [4.69, 9.17) is 5.26 Å². The van der Waals surface area contributed by atoms with E-state index in [-0.39, 0.29) is 11.9 Å². The summed E-state index contributed by atoms with van der Waals surface area (Å²) in [4.78, 5) is 16.3. The standard InChI is InChI=1S/C17H23N3O/c1-14-5-3-4-6-16(14)7-8-17(21)20-11-9-19(10-12-20)15(2)13-18/h3-6,15H,7-12H2,1-2H3. The molecule has 1 amide bonds. The van der Waals surface area contributed by atoms with E-state index in [9.17, 15) is 4.79 Å². The van der Waals surface area contributed by atoms with Crippen LogP contribution in [0.25, 0.3) is 0 Å². The van der Waals surface area contributed by atoms with Crippen LogP contribution in [-0.2, 0) is 11.2 Å². The highest BCUT2D eigenvalue weighted by Crippen LogP contribution is 2.12. The summed E-state index contributed by atoms with van der Waals surface area (Å²) in [6.45, 7) is 7.06. The minimum Gasteiger partial charge on any atom is -0.340 e. The topological polar surface area (TPSA) is 47.3 Å². The smallest absolute Gasteiger partial charge is 0.222 e. The third-order valence-electron chi connectivity index (χ3n) is 4.27. The van der Waals surface area contributed by atoms with Gasteiger partial charge in [-0.25, -0.2) is 0 Å². The molecule has 0 bridgehead atoms. The summed E-state index contributed by atoms with van der Waals surface area (Å²) < 4.78 is 0. The average molecular weight is 285 g/mol. The molecule has 1 aromatic rings. The number of aryl methyl sites for hydroxylation is 2. The van der Waals surface area contributed by atoms with Crippen molar-refractivity contribution in [1.29, 1.82) is 5.26 Å². The van der Waals surface area contributed by atoms with Crippen molar-refractivity contribution >= 4 is 5.91 Å². The first kappa shape index (κ1) is 15.5. The third kappa shape index (κ3) is 4.05. The highest BCUT2D eigenvalue weighted by Gasteiger charge is 2.23. The maximum Gasteiger partial charge on any atom is 0.222 e. The fourth-order valence-electron chi connectivity index (χ4n) is 2.73. The monoisotopic (exact) mass is 285 g/mol. The van der Waals surface area contributed by atoms with Gasteiger partial charge in [0.25, 0.3) is 0 Å². The second-order valence-electron chi connectivity index (χ2n) is 5.65. The zero-order valence-corrected chi connectivity index (χ0v) is 12.9. The number of carbonyl (C=O) groups is 1. The predicted octanol–water partition coefficient (Wildman–Crippen LogP) is 1.98. The summed E-state index contributed by atoms with van der Waals surface area (Å²) in [6.07, 6.45) is 1.37. The minimum atomic E-state index is -0.0609. The molecule has 1 aliphatic heterocycles. The maximum atomic E-state index is 12.3. The summed E-state index contributed by atoms with van der Waals surface area (Å²) in [7, 11) is 0. The van der Waals surface area contributed by atoms with E-state index >= 15 is 0 Å². The minimum absolute atomic E-state index is 0.0609. The SMILES string of the molecule is Cc1ccccc1CCC(=O)N1CCN(C(C)C#N)CC1. The van der Waals surface area contributed by atoms with E-state index in [1.54, 1.807) is 0 Å². The van der Waals surface area contributed by atoms with Gasteiger partial charge in [-0.2, -0.15) is 5.26 Å². The first-order chi connectivity index (χ1) is 10.1. The number of benzene rings is 1. The number of hydrogen-bond donors (Lipinski definition) is 0. The molecule has 0 radical (unpaired) electrons. The van der Waals surface area contributed by atoms with Crippen molar-refractivity contribution in [2.24, 2.45) is 0 Å². The van der Waals surface area contributed by atoms with Crippen LogP contribution in [0.5, 0.6) is 0 Å². The Hall–Kier alpha value is -1.86. The van der Waals surface area contributed by atoms with Crippen LogP contribution >= 0.6 is 0 Å².